The van der Waals surface area contributed by atoms with E-state index in [2.05, 4.69) is 10.6 Å². The first-order valence-electron chi connectivity index (χ1n) is 15.1. The normalized spacial score (nSPS) is 13.7. The molecule has 0 aliphatic heterocycles. The number of amides is 3. The van der Waals surface area contributed by atoms with Crippen LogP contribution in [0.3, 0.4) is 0 Å². The minimum Gasteiger partial charge on any atom is -0.461 e. The van der Waals surface area contributed by atoms with E-state index in [9.17, 15) is 28.8 Å². The van der Waals surface area contributed by atoms with Gasteiger partial charge in [-0.15, -0.1) is 0 Å². The fraction of sp³-hybridized carbons (Fsp3) is 0.471. The van der Waals surface area contributed by atoms with Crippen molar-refractivity contribution in [2.24, 2.45) is 29.4 Å². The Labute approximate surface area is 259 Å². The first kappa shape index (κ1) is 35.9. The summed E-state index contributed by atoms with van der Waals surface area (Å²) in [7, 11) is 0. The summed E-state index contributed by atoms with van der Waals surface area (Å²) in [4.78, 5) is 76.5. The van der Waals surface area contributed by atoms with E-state index in [-0.39, 0.29) is 31.8 Å². The molecule has 2 rings (SSSR count). The van der Waals surface area contributed by atoms with Crippen LogP contribution in [-0.2, 0) is 46.5 Å². The van der Waals surface area contributed by atoms with Crippen LogP contribution in [0.4, 0.5) is 0 Å². The highest BCUT2D eigenvalue weighted by Gasteiger charge is 2.34. The molecule has 4 atom stereocenters. The third-order valence-electron chi connectivity index (χ3n) is 7.45. The molecule has 10 nitrogen and oxygen atoms in total. The summed E-state index contributed by atoms with van der Waals surface area (Å²) < 4.78 is 5.37. The number of rotatable bonds is 19. The molecule has 0 spiro atoms. The molecule has 4 N–H and O–H groups in total. The maximum absolute atomic E-state index is 13.3. The van der Waals surface area contributed by atoms with Crippen molar-refractivity contribution < 1.29 is 33.5 Å². The van der Waals surface area contributed by atoms with Crippen LogP contribution < -0.4 is 16.4 Å². The van der Waals surface area contributed by atoms with Gasteiger partial charge in [0.2, 0.25) is 17.6 Å². The lowest BCUT2D eigenvalue weighted by atomic mass is 9.90. The van der Waals surface area contributed by atoms with Gasteiger partial charge in [0.25, 0.3) is 5.91 Å². The van der Waals surface area contributed by atoms with Crippen molar-refractivity contribution in [1.29, 1.82) is 0 Å². The molecular formula is C34H45N3O7. The van der Waals surface area contributed by atoms with Crippen molar-refractivity contribution in [1.82, 2.24) is 10.6 Å². The second kappa shape index (κ2) is 18.4. The Balaban J connectivity index is 2.00. The van der Waals surface area contributed by atoms with Gasteiger partial charge in [-0.2, -0.15) is 0 Å². The molecule has 0 heterocycles. The molecule has 2 aromatic carbocycles. The summed E-state index contributed by atoms with van der Waals surface area (Å²) >= 11 is 0. The highest BCUT2D eigenvalue weighted by atomic mass is 16.5. The van der Waals surface area contributed by atoms with E-state index < -0.39 is 65.6 Å². The Hall–Kier alpha value is -4.34. The standard InChI is InChI=1S/C34H45N3O7/c1-5-23(4)30(37-33(42)27(16-22(2)3)19-29(39)44-21-25-14-10-7-11-15-25)31(40)34(43)36-20-28(38)18-26(32(35)41)17-24-12-8-6-9-13-24/h6-15,22-23,26-27,30H,5,16-21H2,1-4H3,(H2,35,41)(H,36,43)(H,37,42)/t23-,26+,27+,30?/m0/s1. The molecule has 0 saturated heterocycles. The van der Waals surface area contributed by atoms with Crippen molar-refractivity contribution >= 4 is 35.3 Å². The first-order valence-corrected chi connectivity index (χ1v) is 15.1. The molecule has 0 aliphatic carbocycles. The molecule has 10 heteroatoms. The maximum Gasteiger partial charge on any atom is 0.306 e. The van der Waals surface area contributed by atoms with Crippen molar-refractivity contribution in [3.05, 3.63) is 71.8 Å². The fourth-order valence-corrected chi connectivity index (χ4v) is 4.75. The molecule has 44 heavy (non-hydrogen) atoms. The Morgan fingerprint density at radius 1 is 0.818 bits per heavy atom. The van der Waals surface area contributed by atoms with Crippen LogP contribution >= 0.6 is 0 Å². The number of benzene rings is 2. The lowest BCUT2D eigenvalue weighted by Crippen LogP contribution is -2.52. The summed E-state index contributed by atoms with van der Waals surface area (Å²) in [5.74, 6) is -5.93. The number of esters is 1. The molecule has 0 fully saturated rings. The number of nitrogens with one attached hydrogen (secondary N) is 2. The van der Waals surface area contributed by atoms with Crippen LogP contribution in [0.15, 0.2) is 60.7 Å². The van der Waals surface area contributed by atoms with Crippen LogP contribution in [-0.4, -0.2) is 47.8 Å². The number of Topliss-reactive ketones (excluding diaryl/α,β-unsaturated/α-hetero) is 2. The lowest BCUT2D eigenvalue weighted by molar-refractivity contribution is -0.149. The Morgan fingerprint density at radius 2 is 1.41 bits per heavy atom. The molecule has 3 amide bonds. The summed E-state index contributed by atoms with van der Waals surface area (Å²) in [5.41, 5.74) is 7.16. The SMILES string of the molecule is CC[C@H](C)C(NC(=O)[C@@H](CC(=O)OCc1ccccc1)CC(C)C)C(=O)C(=O)NCC(=O)C[C@@H](Cc1ccccc1)C(N)=O. The van der Waals surface area contributed by atoms with Crippen LogP contribution in [0.1, 0.15) is 64.5 Å². The van der Waals surface area contributed by atoms with E-state index in [4.69, 9.17) is 10.5 Å². The Kier molecular flexibility index (Phi) is 15.0. The van der Waals surface area contributed by atoms with E-state index in [1.165, 1.54) is 0 Å². The smallest absolute Gasteiger partial charge is 0.306 e. The van der Waals surface area contributed by atoms with E-state index in [0.717, 1.165) is 11.1 Å². The second-order valence-corrected chi connectivity index (χ2v) is 11.6. The number of carbonyl (C=O) groups is 6. The van der Waals surface area contributed by atoms with Gasteiger partial charge in [-0.1, -0.05) is 94.8 Å². The van der Waals surface area contributed by atoms with Gasteiger partial charge in [0.1, 0.15) is 6.61 Å². The van der Waals surface area contributed by atoms with E-state index in [1.54, 1.807) is 6.92 Å². The average molecular weight is 608 g/mol. The quantitative estimate of drug-likeness (QED) is 0.163. The van der Waals surface area contributed by atoms with Crippen LogP contribution in [0, 0.1) is 23.7 Å². The van der Waals surface area contributed by atoms with Gasteiger partial charge in [0.05, 0.1) is 19.0 Å². The van der Waals surface area contributed by atoms with Gasteiger partial charge in [0, 0.05) is 18.3 Å². The molecule has 0 saturated carbocycles. The Bertz CT molecular complexity index is 1260. The second-order valence-electron chi connectivity index (χ2n) is 11.6. The number of hydrogen-bond acceptors (Lipinski definition) is 7. The highest BCUT2D eigenvalue weighted by Crippen LogP contribution is 2.19. The predicted octanol–water partition coefficient (Wildman–Crippen LogP) is 3.30. The van der Waals surface area contributed by atoms with Gasteiger partial charge >= 0.3 is 5.97 Å². The first-order chi connectivity index (χ1) is 20.9. The number of nitrogens with two attached hydrogens (primary N) is 1. The molecule has 2 aromatic rings. The molecule has 0 aromatic heterocycles. The summed E-state index contributed by atoms with van der Waals surface area (Å²) in [6.07, 6.45) is 0.758. The minimum atomic E-state index is -1.16. The zero-order valence-electron chi connectivity index (χ0n) is 26.0. The number of primary amides is 1. The minimum absolute atomic E-state index is 0.0749. The molecule has 0 aliphatic rings. The summed E-state index contributed by atoms with van der Waals surface area (Å²) in [6.45, 7) is 7.00. The summed E-state index contributed by atoms with van der Waals surface area (Å²) in [6, 6.07) is 17.1. The molecule has 238 valence electrons. The summed E-state index contributed by atoms with van der Waals surface area (Å²) in [5, 5.41) is 5.03. The molecule has 0 radical (unpaired) electrons. The van der Waals surface area contributed by atoms with E-state index >= 15 is 0 Å². The zero-order valence-corrected chi connectivity index (χ0v) is 26.0. The van der Waals surface area contributed by atoms with E-state index in [0.29, 0.717) is 12.8 Å². The molecule has 0 bridgehead atoms. The van der Waals surface area contributed by atoms with Crippen molar-refractivity contribution in [3.8, 4) is 0 Å². The van der Waals surface area contributed by atoms with Crippen molar-refractivity contribution in [3.63, 3.8) is 0 Å². The third-order valence-corrected chi connectivity index (χ3v) is 7.45. The van der Waals surface area contributed by atoms with Crippen LogP contribution in [0.25, 0.3) is 0 Å². The maximum atomic E-state index is 13.3. The van der Waals surface area contributed by atoms with E-state index in [1.807, 2.05) is 81.4 Å². The molecule has 1 unspecified atom stereocenters. The van der Waals surface area contributed by atoms with Crippen molar-refractivity contribution in [2.45, 2.75) is 72.4 Å². The fourth-order valence-electron chi connectivity index (χ4n) is 4.75. The highest BCUT2D eigenvalue weighted by molar-refractivity contribution is 6.38. The van der Waals surface area contributed by atoms with Crippen molar-refractivity contribution in [2.75, 3.05) is 6.54 Å². The number of ketones is 2. The van der Waals surface area contributed by atoms with Gasteiger partial charge < -0.3 is 21.1 Å². The Morgan fingerprint density at radius 3 is 1.95 bits per heavy atom. The van der Waals surface area contributed by atoms with Crippen LogP contribution in [0.2, 0.25) is 0 Å². The number of hydrogen-bond donors (Lipinski definition) is 3. The number of carbonyl (C=O) groups excluding carboxylic acids is 6. The predicted molar refractivity (Wildman–Crippen MR) is 166 cm³/mol. The monoisotopic (exact) mass is 607 g/mol. The van der Waals surface area contributed by atoms with Gasteiger partial charge in [-0.05, 0) is 35.8 Å². The topological polar surface area (TPSA) is 162 Å². The lowest BCUT2D eigenvalue weighted by Gasteiger charge is -2.26. The largest absolute Gasteiger partial charge is 0.461 e. The van der Waals surface area contributed by atoms with Gasteiger partial charge in [0.15, 0.2) is 5.78 Å². The van der Waals surface area contributed by atoms with Gasteiger partial charge in [-0.3, -0.25) is 28.8 Å². The average Bonchev–Trinajstić information content (AvgIpc) is 3.00. The molecular weight excluding hydrogens is 562 g/mol. The van der Waals surface area contributed by atoms with Gasteiger partial charge in [-0.25, -0.2) is 0 Å². The number of ether oxygens (including phenoxy) is 1. The van der Waals surface area contributed by atoms with Crippen LogP contribution in [0.5, 0.6) is 0 Å². The zero-order chi connectivity index (χ0) is 32.6. The third kappa shape index (κ3) is 12.5.